The van der Waals surface area contributed by atoms with E-state index in [1.165, 1.54) is 0 Å². The molecule has 4 aromatic rings. The first-order valence-corrected chi connectivity index (χ1v) is 11.4. The third kappa shape index (κ3) is 4.97. The first-order valence-electron chi connectivity index (χ1n) is 10.6. The monoisotopic (exact) mass is 481 g/mol. The minimum absolute atomic E-state index is 0.188. The van der Waals surface area contributed by atoms with Crippen molar-refractivity contribution in [2.24, 2.45) is 0 Å². The number of carbonyl (C=O) groups is 1. The van der Waals surface area contributed by atoms with Crippen molar-refractivity contribution in [2.75, 3.05) is 5.32 Å². The normalized spacial score (nSPS) is 11.1. The van der Waals surface area contributed by atoms with Gasteiger partial charge in [0.15, 0.2) is 0 Å². The molecule has 2 aromatic heterocycles. The summed E-state index contributed by atoms with van der Waals surface area (Å²) in [6, 6.07) is 15.0. The highest BCUT2D eigenvalue weighted by Crippen LogP contribution is 2.27. The fraction of sp³-hybridized carbons (Fsp3) is 0.240. The van der Waals surface area contributed by atoms with Gasteiger partial charge in [-0.25, -0.2) is 0 Å². The van der Waals surface area contributed by atoms with Crippen molar-refractivity contribution in [3.05, 3.63) is 98.0 Å². The van der Waals surface area contributed by atoms with Crippen molar-refractivity contribution in [2.45, 2.75) is 40.8 Å². The van der Waals surface area contributed by atoms with Gasteiger partial charge in [-0.15, -0.1) is 0 Å². The van der Waals surface area contributed by atoms with Crippen LogP contribution in [-0.4, -0.2) is 25.5 Å². The van der Waals surface area contributed by atoms with E-state index in [0.717, 1.165) is 33.9 Å². The van der Waals surface area contributed by atoms with E-state index in [2.05, 4.69) is 15.5 Å². The summed E-state index contributed by atoms with van der Waals surface area (Å²) in [7, 11) is 0. The molecule has 0 fully saturated rings. The summed E-state index contributed by atoms with van der Waals surface area (Å²) >= 11 is 12.7. The summed E-state index contributed by atoms with van der Waals surface area (Å²) in [4.78, 5) is 13.1. The molecule has 0 bridgehead atoms. The van der Waals surface area contributed by atoms with E-state index in [1.54, 1.807) is 22.9 Å². The predicted octanol–water partition coefficient (Wildman–Crippen LogP) is 5.97. The number of rotatable bonds is 6. The van der Waals surface area contributed by atoms with Gasteiger partial charge in [0.25, 0.3) is 5.91 Å². The van der Waals surface area contributed by atoms with E-state index in [9.17, 15) is 4.79 Å². The van der Waals surface area contributed by atoms with E-state index in [1.807, 2.05) is 62.7 Å². The van der Waals surface area contributed by atoms with Crippen LogP contribution in [0.1, 0.15) is 44.3 Å². The minimum atomic E-state index is -0.188. The fourth-order valence-electron chi connectivity index (χ4n) is 3.87. The van der Waals surface area contributed by atoms with Gasteiger partial charge < -0.3 is 5.32 Å². The van der Waals surface area contributed by atoms with Gasteiger partial charge in [0.2, 0.25) is 0 Å². The maximum absolute atomic E-state index is 13.1. The number of hydrogen-bond acceptors (Lipinski definition) is 3. The van der Waals surface area contributed by atoms with E-state index < -0.39 is 0 Å². The van der Waals surface area contributed by atoms with Gasteiger partial charge in [-0.05, 0) is 63.6 Å². The third-order valence-electron chi connectivity index (χ3n) is 5.61. The number of nitrogens with zero attached hydrogens (tertiary/aromatic N) is 4. The SMILES string of the molecule is Cc1cc(C)n(Cc2cccc(C(=O)Nc3c(C)nn(Cc4c(Cl)cccc4Cl)c3C)c2)n1. The van der Waals surface area contributed by atoms with Gasteiger partial charge >= 0.3 is 0 Å². The predicted molar refractivity (Wildman–Crippen MR) is 132 cm³/mol. The maximum atomic E-state index is 13.1. The maximum Gasteiger partial charge on any atom is 0.255 e. The highest BCUT2D eigenvalue weighted by molar-refractivity contribution is 6.36. The lowest BCUT2D eigenvalue weighted by Crippen LogP contribution is -2.14. The Morgan fingerprint density at radius 1 is 0.909 bits per heavy atom. The summed E-state index contributed by atoms with van der Waals surface area (Å²) < 4.78 is 3.74. The van der Waals surface area contributed by atoms with Crippen LogP contribution in [0.5, 0.6) is 0 Å². The van der Waals surface area contributed by atoms with Crippen molar-refractivity contribution in [1.29, 1.82) is 0 Å². The van der Waals surface area contributed by atoms with Crippen molar-refractivity contribution in [3.8, 4) is 0 Å². The molecule has 33 heavy (non-hydrogen) atoms. The zero-order chi connectivity index (χ0) is 23.7. The molecule has 170 valence electrons. The van der Waals surface area contributed by atoms with Gasteiger partial charge in [-0.3, -0.25) is 14.2 Å². The van der Waals surface area contributed by atoms with Gasteiger partial charge in [0.1, 0.15) is 0 Å². The van der Waals surface area contributed by atoms with Crippen LogP contribution >= 0.6 is 23.2 Å². The van der Waals surface area contributed by atoms with Gasteiger partial charge in [0, 0.05) is 26.9 Å². The molecule has 1 amide bonds. The lowest BCUT2D eigenvalue weighted by molar-refractivity contribution is 0.102. The van der Waals surface area contributed by atoms with Crippen LogP contribution in [0.25, 0.3) is 0 Å². The molecule has 0 unspecified atom stereocenters. The van der Waals surface area contributed by atoms with E-state index in [-0.39, 0.29) is 5.91 Å². The second kappa shape index (κ2) is 9.41. The Labute approximate surface area is 203 Å². The van der Waals surface area contributed by atoms with Crippen LogP contribution in [0.15, 0.2) is 48.5 Å². The standard InChI is InChI=1S/C25H25Cl2N5O/c1-15-11-16(2)31(29-15)13-19-7-5-8-20(12-19)25(33)28-24-17(3)30-32(18(24)4)14-21-22(26)9-6-10-23(21)27/h5-12H,13-14H2,1-4H3,(H,28,33). The number of nitrogens with one attached hydrogen (secondary N) is 1. The van der Waals surface area contributed by atoms with E-state index >= 15 is 0 Å². The first kappa shape index (κ1) is 23.1. The Morgan fingerprint density at radius 2 is 1.61 bits per heavy atom. The van der Waals surface area contributed by atoms with Crippen molar-refractivity contribution in [1.82, 2.24) is 19.6 Å². The highest BCUT2D eigenvalue weighted by atomic mass is 35.5. The lowest BCUT2D eigenvalue weighted by atomic mass is 10.1. The Kier molecular flexibility index (Phi) is 6.58. The number of halogens is 2. The zero-order valence-corrected chi connectivity index (χ0v) is 20.5. The minimum Gasteiger partial charge on any atom is -0.319 e. The number of hydrogen-bond donors (Lipinski definition) is 1. The Bertz CT molecular complexity index is 1320. The smallest absolute Gasteiger partial charge is 0.255 e. The molecule has 6 nitrogen and oxygen atoms in total. The van der Waals surface area contributed by atoms with Crippen molar-refractivity contribution >= 4 is 34.8 Å². The largest absolute Gasteiger partial charge is 0.319 e. The fourth-order valence-corrected chi connectivity index (χ4v) is 4.39. The number of carbonyl (C=O) groups excluding carboxylic acids is 1. The molecule has 0 aliphatic rings. The van der Waals surface area contributed by atoms with Crippen LogP contribution in [0.2, 0.25) is 10.0 Å². The topological polar surface area (TPSA) is 64.7 Å². The third-order valence-corrected chi connectivity index (χ3v) is 6.32. The van der Waals surface area contributed by atoms with Gasteiger partial charge in [0.05, 0.1) is 35.9 Å². The summed E-state index contributed by atoms with van der Waals surface area (Å²) in [6.07, 6.45) is 0. The van der Waals surface area contributed by atoms with Crippen LogP contribution in [0, 0.1) is 27.7 Å². The van der Waals surface area contributed by atoms with Crippen molar-refractivity contribution < 1.29 is 4.79 Å². The quantitative estimate of drug-likeness (QED) is 0.368. The second-order valence-electron chi connectivity index (χ2n) is 8.14. The molecule has 0 atom stereocenters. The average molecular weight is 482 g/mol. The number of benzene rings is 2. The Morgan fingerprint density at radius 3 is 2.27 bits per heavy atom. The summed E-state index contributed by atoms with van der Waals surface area (Å²) in [6.45, 7) is 8.80. The van der Waals surface area contributed by atoms with Crippen LogP contribution < -0.4 is 5.32 Å². The van der Waals surface area contributed by atoms with Crippen molar-refractivity contribution in [3.63, 3.8) is 0 Å². The molecule has 1 N–H and O–H groups in total. The van der Waals surface area contributed by atoms with Gasteiger partial charge in [-0.2, -0.15) is 10.2 Å². The number of amides is 1. The molecule has 0 spiro atoms. The molecule has 0 saturated carbocycles. The van der Waals surface area contributed by atoms with Crippen LogP contribution in [0.4, 0.5) is 5.69 Å². The first-order chi connectivity index (χ1) is 15.7. The number of aromatic nitrogens is 4. The molecule has 8 heteroatoms. The van der Waals surface area contributed by atoms with E-state index in [0.29, 0.717) is 34.4 Å². The van der Waals surface area contributed by atoms with Crippen LogP contribution in [-0.2, 0) is 13.1 Å². The highest BCUT2D eigenvalue weighted by Gasteiger charge is 2.17. The van der Waals surface area contributed by atoms with E-state index in [4.69, 9.17) is 23.2 Å². The van der Waals surface area contributed by atoms with Gasteiger partial charge in [-0.1, -0.05) is 41.4 Å². The van der Waals surface area contributed by atoms with Crippen LogP contribution in [0.3, 0.4) is 0 Å². The molecular formula is C25H25Cl2N5O. The molecule has 2 aromatic carbocycles. The molecule has 0 radical (unpaired) electrons. The average Bonchev–Trinajstić information content (AvgIpc) is 3.22. The molecule has 4 rings (SSSR count). The number of anilines is 1. The molecule has 0 saturated heterocycles. The summed E-state index contributed by atoms with van der Waals surface area (Å²) in [5.74, 6) is -0.188. The molecule has 0 aliphatic heterocycles. The Hall–Kier alpha value is -3.09. The molecule has 0 aliphatic carbocycles. The summed E-state index contributed by atoms with van der Waals surface area (Å²) in [5.41, 5.74) is 6.68. The molecular weight excluding hydrogens is 457 g/mol. The Balaban J connectivity index is 1.54. The molecule has 2 heterocycles. The zero-order valence-electron chi connectivity index (χ0n) is 19.0. The lowest BCUT2D eigenvalue weighted by Gasteiger charge is -2.10. The summed E-state index contributed by atoms with van der Waals surface area (Å²) in [5, 5.41) is 13.3. The number of aryl methyl sites for hydroxylation is 3. The second-order valence-corrected chi connectivity index (χ2v) is 8.96.